The average molecular weight is 552 g/mol. The number of nitrogens with zero attached hydrogens (tertiary/aromatic N) is 4. The fraction of sp³-hybridized carbons (Fsp3) is 0.296. The van der Waals surface area contributed by atoms with Crippen molar-refractivity contribution in [1.82, 2.24) is 25.1 Å². The highest BCUT2D eigenvalue weighted by Crippen LogP contribution is 2.32. The Kier molecular flexibility index (Phi) is 8.99. The summed E-state index contributed by atoms with van der Waals surface area (Å²) in [6.45, 7) is 3.19. The molecule has 2 aliphatic carbocycles. The van der Waals surface area contributed by atoms with Gasteiger partial charge in [0.25, 0.3) is 0 Å². The maximum absolute atomic E-state index is 14.5. The lowest BCUT2D eigenvalue weighted by molar-refractivity contribution is -0.117. The number of halogens is 1. The van der Waals surface area contributed by atoms with Crippen molar-refractivity contribution in [2.24, 2.45) is 0 Å². The molecule has 1 fully saturated rings. The Balaban J connectivity index is 0.000000508. The van der Waals surface area contributed by atoms with Crippen LogP contribution >= 0.6 is 12.2 Å². The molecule has 0 saturated carbocycles. The third-order valence-electron chi connectivity index (χ3n) is 6.24. The first kappa shape index (κ1) is 27.9. The molecule has 2 heterocycles. The molecule has 0 radical (unpaired) electrons. The summed E-state index contributed by atoms with van der Waals surface area (Å²) in [5, 5.41) is 7.87. The van der Waals surface area contributed by atoms with Gasteiger partial charge in [-0.3, -0.25) is 10.1 Å². The van der Waals surface area contributed by atoms with Gasteiger partial charge < -0.3 is 25.2 Å². The molecular weight excluding hydrogens is 521 g/mol. The number of hydrogen-bond donors (Lipinski definition) is 3. The first-order valence-electron chi connectivity index (χ1n) is 12.4. The number of fused-ring (bicyclic) bond motifs is 1. The zero-order chi connectivity index (χ0) is 27.9. The molecule has 12 heteroatoms. The van der Waals surface area contributed by atoms with Crippen molar-refractivity contribution in [2.75, 3.05) is 37.8 Å². The van der Waals surface area contributed by atoms with Crippen LogP contribution in [-0.2, 0) is 4.79 Å². The zero-order valence-electron chi connectivity index (χ0n) is 21.9. The smallest absolute Gasteiger partial charge is 0.323 e. The number of anilines is 2. The number of piperidine rings is 1. The summed E-state index contributed by atoms with van der Waals surface area (Å²) >= 11 is 4.95. The first-order chi connectivity index (χ1) is 18.7. The fourth-order valence-electron chi connectivity index (χ4n) is 3.98. The molecule has 0 atom stereocenters. The largest absolute Gasteiger partial charge is 0.436 e. The number of urea groups is 1. The van der Waals surface area contributed by atoms with E-state index >= 15 is 0 Å². The summed E-state index contributed by atoms with van der Waals surface area (Å²) in [6.07, 6.45) is 3.02. The Morgan fingerprint density at radius 3 is 2.38 bits per heavy atom. The molecule has 0 spiro atoms. The molecule has 10 nitrogen and oxygen atoms in total. The van der Waals surface area contributed by atoms with Crippen molar-refractivity contribution in [3.63, 3.8) is 0 Å². The van der Waals surface area contributed by atoms with Crippen LogP contribution in [0.2, 0.25) is 0 Å². The molecule has 39 heavy (non-hydrogen) atoms. The van der Waals surface area contributed by atoms with Crippen LogP contribution in [0.25, 0.3) is 11.1 Å². The number of ether oxygens (including phenoxy) is 1. The maximum atomic E-state index is 14.5. The van der Waals surface area contributed by atoms with Crippen LogP contribution in [0.5, 0.6) is 11.6 Å². The minimum atomic E-state index is -0.670. The van der Waals surface area contributed by atoms with E-state index in [2.05, 4.69) is 62.1 Å². The lowest BCUT2D eigenvalue weighted by Gasteiger charge is -2.34. The van der Waals surface area contributed by atoms with E-state index in [-0.39, 0.29) is 40.5 Å². The normalized spacial score (nSPS) is 13.8. The Morgan fingerprint density at radius 2 is 1.79 bits per heavy atom. The molecule has 5 rings (SSSR count). The van der Waals surface area contributed by atoms with Gasteiger partial charge in [-0.1, -0.05) is 18.2 Å². The summed E-state index contributed by atoms with van der Waals surface area (Å²) in [5.74, 6) is -0.779. The molecule has 1 aromatic carbocycles. The average Bonchev–Trinajstić information content (AvgIpc) is 3.49. The highest BCUT2D eigenvalue weighted by atomic mass is 32.1. The van der Waals surface area contributed by atoms with Gasteiger partial charge in [-0.15, -0.1) is 0 Å². The molecule has 0 bridgehead atoms. The van der Waals surface area contributed by atoms with E-state index in [1.807, 2.05) is 0 Å². The molecule has 3 N–H and O–H groups in total. The van der Waals surface area contributed by atoms with Crippen LogP contribution in [0.4, 0.5) is 20.7 Å². The quantitative estimate of drug-likeness (QED) is 0.312. The van der Waals surface area contributed by atoms with E-state index in [9.17, 15) is 14.0 Å². The van der Waals surface area contributed by atoms with E-state index in [0.717, 1.165) is 25.9 Å². The Bertz CT molecular complexity index is 1350. The third-order valence-corrected chi connectivity index (χ3v) is 6.44. The van der Waals surface area contributed by atoms with Gasteiger partial charge in [-0.2, -0.15) is 0 Å². The van der Waals surface area contributed by atoms with E-state index in [4.69, 9.17) is 17.0 Å². The molecule has 1 aliphatic heterocycles. The maximum Gasteiger partial charge on any atom is 0.323 e. The summed E-state index contributed by atoms with van der Waals surface area (Å²) in [7, 11) is 3.82. The van der Waals surface area contributed by atoms with Gasteiger partial charge in [0.2, 0.25) is 11.8 Å². The van der Waals surface area contributed by atoms with Crippen molar-refractivity contribution >= 4 is 40.8 Å². The predicted molar refractivity (Wildman–Crippen MR) is 151 cm³/mol. The van der Waals surface area contributed by atoms with Crippen LogP contribution in [0.1, 0.15) is 19.8 Å². The number of amides is 3. The van der Waals surface area contributed by atoms with Crippen LogP contribution in [0.15, 0.2) is 54.9 Å². The summed E-state index contributed by atoms with van der Waals surface area (Å²) in [5.41, 5.74) is 3.19. The van der Waals surface area contributed by atoms with Crippen molar-refractivity contribution in [1.29, 1.82) is 0 Å². The fourth-order valence-corrected chi connectivity index (χ4v) is 4.24. The van der Waals surface area contributed by atoms with Crippen LogP contribution in [0, 0.1) is 5.82 Å². The number of rotatable bonds is 5. The SMILES string of the molecule is CC(=O)NC(=S)Nc1ccc(Oc2cc(NC(=O)N(C)C3CCN(C)CC3)ncn2)c(F)c1.c1cc2cc-2c1. The molecule has 3 aliphatic rings. The van der Waals surface area contributed by atoms with Gasteiger partial charge in [0.1, 0.15) is 12.1 Å². The van der Waals surface area contributed by atoms with Crippen molar-refractivity contribution in [3.8, 4) is 22.8 Å². The monoisotopic (exact) mass is 551 g/mol. The van der Waals surface area contributed by atoms with E-state index in [1.165, 1.54) is 48.6 Å². The molecule has 2 aromatic rings. The first-order valence-corrected chi connectivity index (χ1v) is 12.8. The third kappa shape index (κ3) is 8.16. The second kappa shape index (κ2) is 12.6. The van der Waals surface area contributed by atoms with Crippen molar-refractivity contribution in [3.05, 3.63) is 60.7 Å². The minimum absolute atomic E-state index is 0.0527. The second-order valence-corrected chi connectivity index (χ2v) is 9.69. The minimum Gasteiger partial charge on any atom is -0.436 e. The molecule has 1 aromatic heterocycles. The predicted octanol–water partition coefficient (Wildman–Crippen LogP) is 4.47. The lowest BCUT2D eigenvalue weighted by atomic mass is 10.0. The van der Waals surface area contributed by atoms with Crippen molar-refractivity contribution < 1.29 is 18.7 Å². The lowest BCUT2D eigenvalue weighted by Crippen LogP contribution is -2.46. The highest BCUT2D eigenvalue weighted by molar-refractivity contribution is 7.80. The number of carbonyl (C=O) groups is 2. The molecule has 0 unspecified atom stereocenters. The van der Waals surface area contributed by atoms with Crippen LogP contribution in [-0.4, -0.2) is 70.0 Å². The number of aromatic nitrogens is 2. The summed E-state index contributed by atoms with van der Waals surface area (Å²) < 4.78 is 20.0. The van der Waals surface area contributed by atoms with Gasteiger partial charge in [0, 0.05) is 37.8 Å². The Morgan fingerprint density at radius 1 is 1.08 bits per heavy atom. The van der Waals surface area contributed by atoms with E-state index < -0.39 is 5.82 Å². The van der Waals surface area contributed by atoms with Gasteiger partial charge in [0.05, 0.1) is 0 Å². The number of carbonyl (C=O) groups excluding carboxylic acids is 2. The molecular formula is C27H30FN7O3S. The summed E-state index contributed by atoms with van der Waals surface area (Å²) in [6, 6.07) is 13.9. The molecule has 3 amide bonds. The highest BCUT2D eigenvalue weighted by Gasteiger charge is 2.24. The summed E-state index contributed by atoms with van der Waals surface area (Å²) in [4.78, 5) is 35.5. The van der Waals surface area contributed by atoms with Crippen LogP contribution < -0.4 is 20.7 Å². The van der Waals surface area contributed by atoms with Crippen LogP contribution in [0.3, 0.4) is 0 Å². The van der Waals surface area contributed by atoms with E-state index in [1.54, 1.807) is 11.9 Å². The number of hydrogen-bond acceptors (Lipinski definition) is 7. The van der Waals surface area contributed by atoms with Crippen molar-refractivity contribution in [2.45, 2.75) is 25.8 Å². The van der Waals surface area contributed by atoms with Gasteiger partial charge in [-0.25, -0.2) is 19.2 Å². The molecule has 204 valence electrons. The molecule has 1 saturated heterocycles. The second-order valence-electron chi connectivity index (χ2n) is 9.28. The Labute approximate surface area is 231 Å². The van der Waals surface area contributed by atoms with Gasteiger partial charge in [0.15, 0.2) is 16.7 Å². The number of nitrogens with one attached hydrogen (secondary N) is 3. The topological polar surface area (TPSA) is 112 Å². The number of thiocarbonyl (C=S) groups is 1. The zero-order valence-corrected chi connectivity index (χ0v) is 22.7. The van der Waals surface area contributed by atoms with Gasteiger partial charge in [-0.05, 0) is 74.5 Å². The number of benzene rings is 2. The number of likely N-dealkylation sites (tertiary alicyclic amines) is 1. The standard InChI is InChI=1S/C21H26FN7O3S.C6H4/c1-13(30)25-20(33)26-14-4-5-17(16(22)10-14)32-19-11-18(23-12-24-19)27-21(31)29(3)15-6-8-28(2)9-7-15;1-2-5-4-6(5)3-1/h4-5,10-12,15H,6-9H2,1-3H3,(H,23,24,27,31)(H2,25,26,30,33);1-4H. The van der Waals surface area contributed by atoms with E-state index in [0.29, 0.717) is 5.69 Å². The van der Waals surface area contributed by atoms with Gasteiger partial charge >= 0.3 is 6.03 Å². The Hall–Kier alpha value is -4.16.